The molecule has 15 heavy (non-hydrogen) atoms. The van der Waals surface area contributed by atoms with E-state index in [1.807, 2.05) is 0 Å². The fraction of sp³-hybridized carbons (Fsp3) is 0.923. The second-order valence-corrected chi connectivity index (χ2v) is 4.55. The average Bonchev–Trinajstić information content (AvgIpc) is 2.28. The quantitative estimate of drug-likeness (QED) is 0.447. The van der Waals surface area contributed by atoms with Gasteiger partial charge in [-0.25, -0.2) is 0 Å². The number of hydrogen-bond donors (Lipinski definition) is 1. The van der Waals surface area contributed by atoms with Gasteiger partial charge in [-0.3, -0.25) is 0 Å². The zero-order chi connectivity index (χ0) is 11.6. The predicted molar refractivity (Wildman–Crippen MR) is 63.9 cm³/mol. The van der Waals surface area contributed by atoms with Crippen molar-refractivity contribution in [1.82, 2.24) is 0 Å². The summed E-state index contributed by atoms with van der Waals surface area (Å²) < 4.78 is 0. The standard InChI is InChI=1S/C13H26O2/c1-3-5-7-9-13(11-14,12-15)10-8-6-4-2/h11,15H,3-10,12H2,1-2H3. The minimum Gasteiger partial charge on any atom is -0.395 e. The largest absolute Gasteiger partial charge is 0.395 e. The van der Waals surface area contributed by atoms with E-state index < -0.39 is 5.41 Å². The first-order valence-corrected chi connectivity index (χ1v) is 6.32. The second-order valence-electron chi connectivity index (χ2n) is 4.55. The van der Waals surface area contributed by atoms with Crippen molar-refractivity contribution in [1.29, 1.82) is 0 Å². The van der Waals surface area contributed by atoms with Gasteiger partial charge < -0.3 is 9.90 Å². The second kappa shape index (κ2) is 8.90. The van der Waals surface area contributed by atoms with Crippen molar-refractivity contribution in [2.45, 2.75) is 65.2 Å². The highest BCUT2D eigenvalue weighted by molar-refractivity contribution is 5.59. The van der Waals surface area contributed by atoms with Crippen molar-refractivity contribution in [2.75, 3.05) is 6.61 Å². The van der Waals surface area contributed by atoms with Crippen LogP contribution in [0.25, 0.3) is 0 Å². The number of aliphatic hydroxyl groups is 1. The molecule has 0 amide bonds. The molecule has 2 nitrogen and oxygen atoms in total. The summed E-state index contributed by atoms with van der Waals surface area (Å²) in [5.74, 6) is 0. The first-order chi connectivity index (χ1) is 7.24. The molecule has 0 heterocycles. The summed E-state index contributed by atoms with van der Waals surface area (Å²) in [6, 6.07) is 0. The van der Waals surface area contributed by atoms with Gasteiger partial charge in [-0.05, 0) is 12.8 Å². The normalized spacial score (nSPS) is 11.7. The van der Waals surface area contributed by atoms with Gasteiger partial charge in [-0.2, -0.15) is 0 Å². The van der Waals surface area contributed by atoms with Crippen molar-refractivity contribution in [3.8, 4) is 0 Å². The van der Waals surface area contributed by atoms with Crippen LogP contribution in [0.1, 0.15) is 65.2 Å². The monoisotopic (exact) mass is 214 g/mol. The Morgan fingerprint density at radius 3 is 1.73 bits per heavy atom. The molecule has 1 N–H and O–H groups in total. The molecule has 0 aliphatic rings. The van der Waals surface area contributed by atoms with Gasteiger partial charge in [0, 0.05) is 5.41 Å². The van der Waals surface area contributed by atoms with Crippen LogP contribution < -0.4 is 0 Å². The molecule has 0 aromatic heterocycles. The molecule has 90 valence electrons. The van der Waals surface area contributed by atoms with Crippen LogP contribution in [-0.4, -0.2) is 18.0 Å². The topological polar surface area (TPSA) is 37.3 Å². The van der Waals surface area contributed by atoms with Gasteiger partial charge in [0.15, 0.2) is 0 Å². The molecule has 0 spiro atoms. The smallest absolute Gasteiger partial charge is 0.128 e. The molecule has 0 fully saturated rings. The van der Waals surface area contributed by atoms with Gasteiger partial charge in [0.05, 0.1) is 6.61 Å². The number of aliphatic hydroxyl groups excluding tert-OH is 1. The molecule has 0 aliphatic heterocycles. The zero-order valence-corrected chi connectivity index (χ0v) is 10.3. The number of carbonyl (C=O) groups is 1. The lowest BCUT2D eigenvalue weighted by atomic mass is 9.80. The number of rotatable bonds is 10. The van der Waals surface area contributed by atoms with E-state index in [4.69, 9.17) is 0 Å². The van der Waals surface area contributed by atoms with Crippen LogP contribution in [0.4, 0.5) is 0 Å². The van der Waals surface area contributed by atoms with E-state index in [1.165, 1.54) is 0 Å². The van der Waals surface area contributed by atoms with E-state index in [-0.39, 0.29) is 6.61 Å². The maximum Gasteiger partial charge on any atom is 0.128 e. The molecule has 0 saturated heterocycles. The molecule has 0 aromatic rings. The van der Waals surface area contributed by atoms with Crippen LogP contribution in [0.5, 0.6) is 0 Å². The Morgan fingerprint density at radius 1 is 1.00 bits per heavy atom. The highest BCUT2D eigenvalue weighted by Crippen LogP contribution is 2.28. The fourth-order valence-electron chi connectivity index (χ4n) is 1.89. The maximum atomic E-state index is 11.1. The first-order valence-electron chi connectivity index (χ1n) is 6.32. The van der Waals surface area contributed by atoms with Crippen molar-refractivity contribution >= 4 is 6.29 Å². The van der Waals surface area contributed by atoms with Crippen molar-refractivity contribution in [3.05, 3.63) is 0 Å². The Labute approximate surface area is 94.1 Å². The number of carbonyl (C=O) groups excluding carboxylic acids is 1. The predicted octanol–water partition coefficient (Wildman–Crippen LogP) is 3.32. The lowest BCUT2D eigenvalue weighted by Crippen LogP contribution is -2.27. The summed E-state index contributed by atoms with van der Waals surface area (Å²) in [5, 5.41) is 9.34. The third-order valence-electron chi connectivity index (χ3n) is 3.12. The van der Waals surface area contributed by atoms with E-state index in [2.05, 4.69) is 13.8 Å². The molecule has 0 bridgehead atoms. The Morgan fingerprint density at radius 2 is 1.47 bits per heavy atom. The summed E-state index contributed by atoms with van der Waals surface area (Å²) in [4.78, 5) is 11.1. The first kappa shape index (κ1) is 14.6. The summed E-state index contributed by atoms with van der Waals surface area (Å²) in [6.07, 6.45) is 9.44. The average molecular weight is 214 g/mol. The Hall–Kier alpha value is -0.370. The van der Waals surface area contributed by atoms with Crippen LogP contribution >= 0.6 is 0 Å². The highest BCUT2D eigenvalue weighted by Gasteiger charge is 2.27. The third kappa shape index (κ3) is 5.93. The molecule has 0 radical (unpaired) electrons. The van der Waals surface area contributed by atoms with Gasteiger partial charge in [-0.15, -0.1) is 0 Å². The molecule has 0 aromatic carbocycles. The highest BCUT2D eigenvalue weighted by atomic mass is 16.3. The lowest BCUT2D eigenvalue weighted by Gasteiger charge is -2.25. The van der Waals surface area contributed by atoms with Crippen molar-refractivity contribution in [3.63, 3.8) is 0 Å². The summed E-state index contributed by atoms with van der Waals surface area (Å²) in [6.45, 7) is 4.32. The number of aldehydes is 1. The molecule has 0 saturated carbocycles. The summed E-state index contributed by atoms with van der Waals surface area (Å²) in [5.41, 5.74) is -0.440. The molecular formula is C13H26O2. The number of unbranched alkanes of at least 4 members (excludes halogenated alkanes) is 4. The van der Waals surface area contributed by atoms with Crippen molar-refractivity contribution in [2.24, 2.45) is 5.41 Å². The zero-order valence-electron chi connectivity index (χ0n) is 10.3. The van der Waals surface area contributed by atoms with Crippen LogP contribution in [-0.2, 0) is 4.79 Å². The van der Waals surface area contributed by atoms with E-state index in [9.17, 15) is 9.90 Å². The van der Waals surface area contributed by atoms with Gasteiger partial charge in [0.2, 0.25) is 0 Å². The van der Waals surface area contributed by atoms with Gasteiger partial charge >= 0.3 is 0 Å². The van der Waals surface area contributed by atoms with Gasteiger partial charge in [0.25, 0.3) is 0 Å². The third-order valence-corrected chi connectivity index (χ3v) is 3.12. The molecule has 0 atom stereocenters. The summed E-state index contributed by atoms with van der Waals surface area (Å²) >= 11 is 0. The van der Waals surface area contributed by atoms with E-state index in [1.54, 1.807) is 0 Å². The Bertz CT molecular complexity index is 145. The van der Waals surface area contributed by atoms with E-state index >= 15 is 0 Å². The van der Waals surface area contributed by atoms with Crippen LogP contribution in [0.15, 0.2) is 0 Å². The molecular weight excluding hydrogens is 188 g/mol. The molecule has 2 heteroatoms. The van der Waals surface area contributed by atoms with Gasteiger partial charge in [-0.1, -0.05) is 52.4 Å². The van der Waals surface area contributed by atoms with E-state index in [0.717, 1.165) is 57.7 Å². The van der Waals surface area contributed by atoms with Crippen LogP contribution in [0.3, 0.4) is 0 Å². The number of hydrogen-bond acceptors (Lipinski definition) is 2. The molecule has 0 aliphatic carbocycles. The van der Waals surface area contributed by atoms with E-state index in [0.29, 0.717) is 0 Å². The maximum absolute atomic E-state index is 11.1. The molecule has 0 unspecified atom stereocenters. The van der Waals surface area contributed by atoms with Crippen molar-refractivity contribution < 1.29 is 9.90 Å². The van der Waals surface area contributed by atoms with Crippen LogP contribution in [0, 0.1) is 5.41 Å². The molecule has 0 rings (SSSR count). The lowest BCUT2D eigenvalue weighted by molar-refractivity contribution is -0.119. The Balaban J connectivity index is 3.99. The SMILES string of the molecule is CCCCCC(C=O)(CO)CCCCC. The fourth-order valence-corrected chi connectivity index (χ4v) is 1.89. The minimum absolute atomic E-state index is 0.0178. The van der Waals surface area contributed by atoms with Gasteiger partial charge in [0.1, 0.15) is 6.29 Å². The summed E-state index contributed by atoms with van der Waals surface area (Å²) in [7, 11) is 0. The van der Waals surface area contributed by atoms with Crippen LogP contribution in [0.2, 0.25) is 0 Å². The Kier molecular flexibility index (Phi) is 8.68. The minimum atomic E-state index is -0.440.